The molecule has 3 heteroatoms. The molecule has 0 saturated carbocycles. The molecule has 0 unspecified atom stereocenters. The summed E-state index contributed by atoms with van der Waals surface area (Å²) < 4.78 is 0. The molecule has 0 aromatic heterocycles. The summed E-state index contributed by atoms with van der Waals surface area (Å²) in [4.78, 5) is 10.8. The van der Waals surface area contributed by atoms with Gasteiger partial charge in [-0.1, -0.05) is 19.3 Å². The van der Waals surface area contributed by atoms with E-state index in [1.807, 2.05) is 0 Å². The first kappa shape index (κ1) is 11.8. The van der Waals surface area contributed by atoms with Crippen molar-refractivity contribution in [3.8, 4) is 0 Å². The lowest BCUT2D eigenvalue weighted by atomic mass is 10.1. The van der Waals surface area contributed by atoms with E-state index in [4.69, 9.17) is 0 Å². The van der Waals surface area contributed by atoms with Crippen LogP contribution in [0.2, 0.25) is 0 Å². The van der Waals surface area contributed by atoms with Crippen LogP contribution in [0.25, 0.3) is 0 Å². The maximum Gasteiger partial charge on any atom is 0.219 e. The van der Waals surface area contributed by atoms with Crippen LogP contribution in [0.1, 0.15) is 38.5 Å². The standard InChI is InChI=1S/C9H19NOS/c1-10-9(11)7-5-3-2-4-6-8-12/h12H,2-8H2,1H3,(H,10,11). The van der Waals surface area contributed by atoms with Crippen LogP contribution in [0, 0.1) is 0 Å². The Bertz CT molecular complexity index is 117. The normalized spacial score (nSPS) is 9.83. The lowest BCUT2D eigenvalue weighted by molar-refractivity contribution is -0.120. The summed E-state index contributed by atoms with van der Waals surface area (Å²) in [5.74, 6) is 1.14. The Morgan fingerprint density at radius 1 is 1.17 bits per heavy atom. The molecule has 2 nitrogen and oxygen atoms in total. The Hall–Kier alpha value is -0.180. The lowest BCUT2D eigenvalue weighted by Gasteiger charge is -1.99. The maximum absolute atomic E-state index is 10.8. The molecule has 1 amide bonds. The van der Waals surface area contributed by atoms with Gasteiger partial charge in [-0.15, -0.1) is 0 Å². The summed E-state index contributed by atoms with van der Waals surface area (Å²) >= 11 is 4.13. The number of hydrogen-bond acceptors (Lipinski definition) is 2. The van der Waals surface area contributed by atoms with Crippen molar-refractivity contribution in [2.24, 2.45) is 0 Å². The van der Waals surface area contributed by atoms with Crippen molar-refractivity contribution in [1.82, 2.24) is 5.32 Å². The average molecular weight is 189 g/mol. The summed E-state index contributed by atoms with van der Waals surface area (Å²) in [5.41, 5.74) is 0. The minimum atomic E-state index is 0.157. The minimum Gasteiger partial charge on any atom is -0.359 e. The average Bonchev–Trinajstić information content (AvgIpc) is 2.10. The minimum absolute atomic E-state index is 0.157. The highest BCUT2D eigenvalue weighted by Crippen LogP contribution is 2.05. The van der Waals surface area contributed by atoms with Crippen LogP contribution in [0.15, 0.2) is 0 Å². The van der Waals surface area contributed by atoms with Gasteiger partial charge in [0.1, 0.15) is 0 Å². The zero-order valence-electron chi connectivity index (χ0n) is 7.81. The SMILES string of the molecule is CNC(=O)CCCCCCCS. The van der Waals surface area contributed by atoms with E-state index in [0.717, 1.165) is 12.2 Å². The monoisotopic (exact) mass is 189 g/mol. The third kappa shape index (κ3) is 7.92. The zero-order valence-corrected chi connectivity index (χ0v) is 8.70. The van der Waals surface area contributed by atoms with Crippen molar-refractivity contribution in [3.63, 3.8) is 0 Å². The summed E-state index contributed by atoms with van der Waals surface area (Å²) in [6.07, 6.45) is 6.54. The third-order valence-corrected chi connectivity index (χ3v) is 2.16. The molecule has 0 aliphatic heterocycles. The summed E-state index contributed by atoms with van der Waals surface area (Å²) in [5, 5.41) is 2.62. The van der Waals surface area contributed by atoms with Gasteiger partial charge < -0.3 is 5.32 Å². The highest BCUT2D eigenvalue weighted by Gasteiger charge is 1.96. The molecule has 0 radical (unpaired) electrons. The van der Waals surface area contributed by atoms with Gasteiger partial charge in [0.15, 0.2) is 0 Å². The summed E-state index contributed by atoms with van der Waals surface area (Å²) in [6.45, 7) is 0. The quantitative estimate of drug-likeness (QED) is 0.465. The van der Waals surface area contributed by atoms with E-state index in [1.165, 1.54) is 25.7 Å². The summed E-state index contributed by atoms with van der Waals surface area (Å²) in [6, 6.07) is 0. The number of carbonyl (C=O) groups is 1. The molecule has 0 spiro atoms. The van der Waals surface area contributed by atoms with E-state index in [-0.39, 0.29) is 5.91 Å². The number of rotatable bonds is 7. The molecule has 0 aliphatic rings. The fourth-order valence-corrected chi connectivity index (χ4v) is 1.28. The number of nitrogens with one attached hydrogen (secondary N) is 1. The van der Waals surface area contributed by atoms with Gasteiger partial charge in [-0.3, -0.25) is 4.79 Å². The molecule has 0 aromatic rings. The highest BCUT2D eigenvalue weighted by molar-refractivity contribution is 7.80. The van der Waals surface area contributed by atoms with E-state index in [2.05, 4.69) is 17.9 Å². The van der Waals surface area contributed by atoms with Gasteiger partial charge in [0.05, 0.1) is 0 Å². The Kier molecular flexibility index (Phi) is 8.78. The van der Waals surface area contributed by atoms with E-state index in [0.29, 0.717) is 6.42 Å². The van der Waals surface area contributed by atoms with Gasteiger partial charge in [-0.25, -0.2) is 0 Å². The van der Waals surface area contributed by atoms with Crippen molar-refractivity contribution < 1.29 is 4.79 Å². The second kappa shape index (κ2) is 8.91. The van der Waals surface area contributed by atoms with Crippen LogP contribution in [0.3, 0.4) is 0 Å². The van der Waals surface area contributed by atoms with Crippen molar-refractivity contribution in [2.45, 2.75) is 38.5 Å². The molecular weight excluding hydrogens is 170 g/mol. The first-order valence-corrected chi connectivity index (χ1v) is 5.26. The predicted octanol–water partition coefficient (Wildman–Crippen LogP) is 2.00. The molecule has 72 valence electrons. The van der Waals surface area contributed by atoms with E-state index < -0.39 is 0 Å². The Balaban J connectivity index is 2.95. The van der Waals surface area contributed by atoms with Crippen LogP contribution < -0.4 is 5.32 Å². The molecule has 0 heterocycles. The fraction of sp³-hybridized carbons (Fsp3) is 0.889. The van der Waals surface area contributed by atoms with Gasteiger partial charge in [0.25, 0.3) is 0 Å². The number of thiol groups is 1. The van der Waals surface area contributed by atoms with Crippen LogP contribution in [0.4, 0.5) is 0 Å². The maximum atomic E-state index is 10.8. The topological polar surface area (TPSA) is 29.1 Å². The first-order valence-electron chi connectivity index (χ1n) is 4.62. The Labute approximate surface area is 80.5 Å². The van der Waals surface area contributed by atoms with Gasteiger partial charge in [-0.2, -0.15) is 12.6 Å². The predicted molar refractivity (Wildman–Crippen MR) is 55.6 cm³/mol. The first-order chi connectivity index (χ1) is 5.81. The van der Waals surface area contributed by atoms with Crippen molar-refractivity contribution in [2.75, 3.05) is 12.8 Å². The lowest BCUT2D eigenvalue weighted by Crippen LogP contribution is -2.16. The van der Waals surface area contributed by atoms with Gasteiger partial charge >= 0.3 is 0 Å². The smallest absolute Gasteiger partial charge is 0.219 e. The van der Waals surface area contributed by atoms with Crippen LogP contribution in [-0.2, 0) is 4.79 Å². The molecular formula is C9H19NOS. The molecule has 0 aliphatic carbocycles. The van der Waals surface area contributed by atoms with Crippen LogP contribution >= 0.6 is 12.6 Å². The van der Waals surface area contributed by atoms with Crippen molar-refractivity contribution in [3.05, 3.63) is 0 Å². The summed E-state index contributed by atoms with van der Waals surface area (Å²) in [7, 11) is 1.68. The molecule has 0 fully saturated rings. The Morgan fingerprint density at radius 2 is 1.75 bits per heavy atom. The molecule has 0 atom stereocenters. The van der Waals surface area contributed by atoms with Gasteiger partial charge in [0.2, 0.25) is 5.91 Å². The molecule has 0 rings (SSSR count). The Morgan fingerprint density at radius 3 is 2.33 bits per heavy atom. The molecule has 0 aromatic carbocycles. The molecule has 1 N–H and O–H groups in total. The number of amides is 1. The highest BCUT2D eigenvalue weighted by atomic mass is 32.1. The number of unbranched alkanes of at least 4 members (excludes halogenated alkanes) is 4. The number of carbonyl (C=O) groups excluding carboxylic acids is 1. The zero-order chi connectivity index (χ0) is 9.23. The molecule has 12 heavy (non-hydrogen) atoms. The largest absolute Gasteiger partial charge is 0.359 e. The van der Waals surface area contributed by atoms with Crippen molar-refractivity contribution in [1.29, 1.82) is 0 Å². The third-order valence-electron chi connectivity index (χ3n) is 1.84. The molecule has 0 bridgehead atoms. The van der Waals surface area contributed by atoms with Gasteiger partial charge in [0, 0.05) is 13.5 Å². The van der Waals surface area contributed by atoms with E-state index >= 15 is 0 Å². The number of hydrogen-bond donors (Lipinski definition) is 2. The van der Waals surface area contributed by atoms with Crippen molar-refractivity contribution >= 4 is 18.5 Å². The van der Waals surface area contributed by atoms with Crippen LogP contribution in [-0.4, -0.2) is 18.7 Å². The second-order valence-electron chi connectivity index (χ2n) is 2.91. The van der Waals surface area contributed by atoms with E-state index in [1.54, 1.807) is 7.05 Å². The van der Waals surface area contributed by atoms with E-state index in [9.17, 15) is 4.79 Å². The molecule has 0 saturated heterocycles. The second-order valence-corrected chi connectivity index (χ2v) is 3.36. The van der Waals surface area contributed by atoms with Gasteiger partial charge in [-0.05, 0) is 18.6 Å². The van der Waals surface area contributed by atoms with Crippen LogP contribution in [0.5, 0.6) is 0 Å². The fourth-order valence-electron chi connectivity index (χ4n) is 1.05.